The average Bonchev–Trinajstić information content (AvgIpc) is 3.13. The lowest BCUT2D eigenvalue weighted by Crippen LogP contribution is -2.18. The molecule has 0 amide bonds. The summed E-state index contributed by atoms with van der Waals surface area (Å²) in [6.45, 7) is 10.3. The maximum absolute atomic E-state index is 4.54. The fraction of sp³-hybridized carbons (Fsp3) is 0.733. The number of nitrogens with one attached hydrogen (secondary N) is 2. The molecule has 0 bridgehead atoms. The molecule has 1 heterocycles. The first-order chi connectivity index (χ1) is 9.10. The Labute approximate surface area is 116 Å². The number of anilines is 2. The Hall–Kier alpha value is -1.32. The average molecular weight is 262 g/mol. The zero-order valence-electron chi connectivity index (χ0n) is 12.6. The summed E-state index contributed by atoms with van der Waals surface area (Å²) in [5.74, 6) is 2.77. The van der Waals surface area contributed by atoms with Crippen LogP contribution in [0.3, 0.4) is 0 Å². The van der Waals surface area contributed by atoms with Gasteiger partial charge in [-0.1, -0.05) is 13.3 Å². The van der Waals surface area contributed by atoms with Crippen molar-refractivity contribution in [2.75, 3.05) is 23.7 Å². The van der Waals surface area contributed by atoms with Crippen molar-refractivity contribution in [3.05, 3.63) is 11.4 Å². The molecule has 1 aromatic heterocycles. The fourth-order valence-electron chi connectivity index (χ4n) is 2.63. The Morgan fingerprint density at radius 2 is 1.68 bits per heavy atom. The molecule has 1 aromatic rings. The van der Waals surface area contributed by atoms with Crippen molar-refractivity contribution in [3.8, 4) is 0 Å². The topological polar surface area (TPSA) is 49.8 Å². The van der Waals surface area contributed by atoms with Crippen LogP contribution in [0, 0.1) is 19.3 Å². The highest BCUT2D eigenvalue weighted by molar-refractivity contribution is 5.57. The minimum Gasteiger partial charge on any atom is -0.370 e. The van der Waals surface area contributed by atoms with Gasteiger partial charge in [0.1, 0.15) is 17.5 Å². The van der Waals surface area contributed by atoms with Crippen molar-refractivity contribution in [2.24, 2.45) is 5.41 Å². The first-order valence-corrected chi connectivity index (χ1v) is 7.43. The molecule has 4 heteroatoms. The summed E-state index contributed by atoms with van der Waals surface area (Å²) >= 11 is 0. The van der Waals surface area contributed by atoms with Crippen LogP contribution in [0.4, 0.5) is 11.6 Å². The third-order valence-electron chi connectivity index (χ3n) is 3.97. The quantitative estimate of drug-likeness (QED) is 0.789. The van der Waals surface area contributed by atoms with Gasteiger partial charge in [-0.2, -0.15) is 0 Å². The van der Waals surface area contributed by atoms with Crippen LogP contribution in [0.25, 0.3) is 0 Å². The van der Waals surface area contributed by atoms with Crippen LogP contribution in [0.15, 0.2) is 0 Å². The lowest BCUT2D eigenvalue weighted by molar-refractivity contribution is 0.485. The van der Waals surface area contributed by atoms with Crippen molar-refractivity contribution < 1.29 is 0 Å². The third-order valence-corrected chi connectivity index (χ3v) is 3.97. The Bertz CT molecular complexity index is 438. The largest absolute Gasteiger partial charge is 0.370 e. The van der Waals surface area contributed by atoms with Crippen molar-refractivity contribution >= 4 is 11.6 Å². The van der Waals surface area contributed by atoms with E-state index in [1.165, 1.54) is 25.7 Å². The van der Waals surface area contributed by atoms with E-state index in [-0.39, 0.29) is 0 Å². The van der Waals surface area contributed by atoms with E-state index >= 15 is 0 Å². The predicted molar refractivity (Wildman–Crippen MR) is 80.7 cm³/mol. The zero-order valence-corrected chi connectivity index (χ0v) is 12.6. The van der Waals surface area contributed by atoms with Crippen molar-refractivity contribution in [2.45, 2.75) is 53.4 Å². The zero-order chi connectivity index (χ0) is 13.9. The molecule has 0 aromatic carbocycles. The standard InChI is InChI=1S/C15H26N4/c1-5-7-15(8-9-15)10-17-14-11(3)13(16-6-2)18-12(4)19-14/h5-10H2,1-4H3,(H2,16,17,18,19). The predicted octanol–water partition coefficient (Wildman–Crippen LogP) is 3.52. The second-order valence-electron chi connectivity index (χ2n) is 5.73. The molecule has 0 saturated heterocycles. The molecular formula is C15H26N4. The molecule has 0 spiro atoms. The van der Waals surface area contributed by atoms with E-state index in [2.05, 4.69) is 41.4 Å². The summed E-state index contributed by atoms with van der Waals surface area (Å²) < 4.78 is 0. The van der Waals surface area contributed by atoms with Gasteiger partial charge in [0.05, 0.1) is 0 Å². The molecule has 4 nitrogen and oxygen atoms in total. The normalized spacial score (nSPS) is 16.2. The second kappa shape index (κ2) is 5.76. The van der Waals surface area contributed by atoms with Gasteiger partial charge in [0.25, 0.3) is 0 Å². The summed E-state index contributed by atoms with van der Waals surface area (Å²) in [7, 11) is 0. The molecule has 1 aliphatic carbocycles. The van der Waals surface area contributed by atoms with E-state index in [4.69, 9.17) is 0 Å². The van der Waals surface area contributed by atoms with E-state index in [0.717, 1.165) is 36.1 Å². The SMILES string of the molecule is CCCC1(CNc2nc(C)nc(NCC)c2C)CC1. The van der Waals surface area contributed by atoms with E-state index < -0.39 is 0 Å². The molecule has 1 aliphatic rings. The fourth-order valence-corrected chi connectivity index (χ4v) is 2.63. The number of aryl methyl sites for hydroxylation is 1. The molecule has 0 atom stereocenters. The summed E-state index contributed by atoms with van der Waals surface area (Å²) in [6, 6.07) is 0. The van der Waals surface area contributed by atoms with E-state index in [0.29, 0.717) is 5.41 Å². The second-order valence-corrected chi connectivity index (χ2v) is 5.73. The molecule has 0 unspecified atom stereocenters. The van der Waals surface area contributed by atoms with Crippen molar-refractivity contribution in [1.82, 2.24) is 9.97 Å². The number of nitrogens with zero attached hydrogens (tertiary/aromatic N) is 2. The molecular weight excluding hydrogens is 236 g/mol. The maximum Gasteiger partial charge on any atom is 0.134 e. The molecule has 1 saturated carbocycles. The molecule has 2 N–H and O–H groups in total. The molecule has 2 rings (SSSR count). The third kappa shape index (κ3) is 3.37. The van der Waals surface area contributed by atoms with Crippen LogP contribution in [-0.4, -0.2) is 23.1 Å². The molecule has 0 aliphatic heterocycles. The van der Waals surface area contributed by atoms with Gasteiger partial charge in [0, 0.05) is 18.7 Å². The summed E-state index contributed by atoms with van der Waals surface area (Å²) in [4.78, 5) is 9.00. The van der Waals surface area contributed by atoms with Gasteiger partial charge < -0.3 is 10.6 Å². The Kier molecular flexibility index (Phi) is 4.27. The number of hydrogen-bond acceptors (Lipinski definition) is 4. The summed E-state index contributed by atoms with van der Waals surface area (Å²) in [5, 5.41) is 6.85. The van der Waals surface area contributed by atoms with E-state index in [9.17, 15) is 0 Å². The van der Waals surface area contributed by atoms with Crippen LogP contribution >= 0.6 is 0 Å². The first-order valence-electron chi connectivity index (χ1n) is 7.43. The Balaban J connectivity index is 2.07. The number of rotatable bonds is 7. The van der Waals surface area contributed by atoms with Gasteiger partial charge in [-0.05, 0) is 45.4 Å². The maximum atomic E-state index is 4.54. The smallest absolute Gasteiger partial charge is 0.134 e. The molecule has 19 heavy (non-hydrogen) atoms. The van der Waals surface area contributed by atoms with Crippen molar-refractivity contribution in [1.29, 1.82) is 0 Å². The van der Waals surface area contributed by atoms with Crippen LogP contribution < -0.4 is 10.6 Å². The minimum absolute atomic E-state index is 0.540. The van der Waals surface area contributed by atoms with Gasteiger partial charge in [-0.3, -0.25) is 0 Å². The van der Waals surface area contributed by atoms with E-state index in [1.807, 2.05) is 6.92 Å². The summed E-state index contributed by atoms with van der Waals surface area (Å²) in [6.07, 6.45) is 5.31. The highest BCUT2D eigenvalue weighted by atomic mass is 15.1. The number of hydrogen-bond donors (Lipinski definition) is 2. The molecule has 0 radical (unpaired) electrons. The number of aromatic nitrogens is 2. The van der Waals surface area contributed by atoms with E-state index in [1.54, 1.807) is 0 Å². The van der Waals surface area contributed by atoms with Gasteiger partial charge in [-0.15, -0.1) is 0 Å². The van der Waals surface area contributed by atoms with Crippen molar-refractivity contribution in [3.63, 3.8) is 0 Å². The van der Waals surface area contributed by atoms with Crippen LogP contribution in [0.2, 0.25) is 0 Å². The lowest BCUT2D eigenvalue weighted by Gasteiger charge is -2.18. The van der Waals surface area contributed by atoms with Gasteiger partial charge in [0.15, 0.2) is 0 Å². The monoisotopic (exact) mass is 262 g/mol. The molecule has 1 fully saturated rings. The van der Waals surface area contributed by atoms with Crippen LogP contribution in [-0.2, 0) is 0 Å². The Morgan fingerprint density at radius 3 is 2.21 bits per heavy atom. The van der Waals surface area contributed by atoms with Crippen LogP contribution in [0.1, 0.15) is 50.9 Å². The first kappa shape index (κ1) is 14.1. The lowest BCUT2D eigenvalue weighted by atomic mass is 10.0. The van der Waals surface area contributed by atoms with Crippen LogP contribution in [0.5, 0.6) is 0 Å². The Morgan fingerprint density at radius 1 is 1.05 bits per heavy atom. The highest BCUT2D eigenvalue weighted by Crippen LogP contribution is 2.49. The molecule has 106 valence electrons. The van der Waals surface area contributed by atoms with Gasteiger partial charge in [-0.25, -0.2) is 9.97 Å². The van der Waals surface area contributed by atoms with Gasteiger partial charge in [0.2, 0.25) is 0 Å². The summed E-state index contributed by atoms with van der Waals surface area (Å²) in [5.41, 5.74) is 1.66. The van der Waals surface area contributed by atoms with Gasteiger partial charge >= 0.3 is 0 Å². The minimum atomic E-state index is 0.540. The highest BCUT2D eigenvalue weighted by Gasteiger charge is 2.41.